The number of H-pyrrole nitrogens is 1. The molecule has 1 unspecified atom stereocenters. The van der Waals surface area contributed by atoms with Crippen LogP contribution in [0.1, 0.15) is 44.1 Å². The van der Waals surface area contributed by atoms with Gasteiger partial charge in [0.2, 0.25) is 10.0 Å². The summed E-state index contributed by atoms with van der Waals surface area (Å²) in [4.78, 5) is 14.5. The molecule has 0 saturated heterocycles. The summed E-state index contributed by atoms with van der Waals surface area (Å²) < 4.78 is 22.2. The van der Waals surface area contributed by atoms with E-state index in [1.165, 1.54) is 12.3 Å². The molecule has 6 nitrogen and oxygen atoms in total. The number of carbonyl (C=O) groups is 1. The lowest BCUT2D eigenvalue weighted by Crippen LogP contribution is -2.37. The van der Waals surface area contributed by atoms with E-state index >= 15 is 0 Å². The van der Waals surface area contributed by atoms with Crippen LogP contribution in [0, 0.1) is 5.92 Å². The van der Waals surface area contributed by atoms with Crippen molar-refractivity contribution < 1.29 is 13.2 Å². The monoisotopic (exact) mass is 287 g/mol. The van der Waals surface area contributed by atoms with Gasteiger partial charge in [-0.05, 0) is 18.9 Å². The van der Waals surface area contributed by atoms with Gasteiger partial charge in [-0.2, -0.15) is 0 Å². The zero-order valence-electron chi connectivity index (χ0n) is 11.4. The number of hydrogen-bond donors (Lipinski definition) is 3. The first-order chi connectivity index (χ1) is 8.79. The summed E-state index contributed by atoms with van der Waals surface area (Å²) in [5.41, 5.74) is 0.196. The molecule has 0 radical (unpaired) electrons. The Bertz CT molecular complexity index is 532. The van der Waals surface area contributed by atoms with Gasteiger partial charge in [0.05, 0.1) is 4.90 Å². The van der Waals surface area contributed by atoms with Gasteiger partial charge in [-0.3, -0.25) is 4.79 Å². The lowest BCUT2D eigenvalue weighted by atomic mass is 9.95. The average molecular weight is 287 g/mol. The van der Waals surface area contributed by atoms with E-state index in [2.05, 4.69) is 24.1 Å². The highest BCUT2D eigenvalue weighted by atomic mass is 32.2. The number of primary sulfonamides is 1. The SMILES string of the molecule is CCC(CC)C(C)NC(=O)c1cc(S(N)(=O)=O)c[nH]1. The molecule has 0 aliphatic carbocycles. The van der Waals surface area contributed by atoms with Gasteiger partial charge in [0, 0.05) is 12.2 Å². The summed E-state index contributed by atoms with van der Waals surface area (Å²) in [6.45, 7) is 6.09. The van der Waals surface area contributed by atoms with E-state index in [0.29, 0.717) is 5.92 Å². The van der Waals surface area contributed by atoms with Crippen molar-refractivity contribution in [1.82, 2.24) is 10.3 Å². The van der Waals surface area contributed by atoms with Crippen LogP contribution in [-0.2, 0) is 10.0 Å². The highest BCUT2D eigenvalue weighted by Gasteiger charge is 2.19. The molecule has 0 bridgehead atoms. The van der Waals surface area contributed by atoms with Crippen LogP contribution in [0.15, 0.2) is 17.2 Å². The molecular formula is C12H21N3O3S. The number of amides is 1. The van der Waals surface area contributed by atoms with Crippen LogP contribution in [0.2, 0.25) is 0 Å². The molecule has 1 aromatic heterocycles. The minimum Gasteiger partial charge on any atom is -0.356 e. The molecule has 108 valence electrons. The largest absolute Gasteiger partial charge is 0.356 e. The molecule has 1 rings (SSSR count). The van der Waals surface area contributed by atoms with Crippen LogP contribution in [0.4, 0.5) is 0 Å². The van der Waals surface area contributed by atoms with Crippen molar-refractivity contribution in [2.45, 2.75) is 44.6 Å². The molecule has 0 spiro atoms. The van der Waals surface area contributed by atoms with Crippen LogP contribution in [-0.4, -0.2) is 25.4 Å². The summed E-state index contributed by atoms with van der Waals surface area (Å²) >= 11 is 0. The third-order valence-electron chi connectivity index (χ3n) is 3.34. The lowest BCUT2D eigenvalue weighted by molar-refractivity contribution is 0.0920. The Balaban J connectivity index is 2.76. The smallest absolute Gasteiger partial charge is 0.267 e. The molecule has 0 aromatic carbocycles. The van der Waals surface area contributed by atoms with E-state index < -0.39 is 10.0 Å². The van der Waals surface area contributed by atoms with Crippen molar-refractivity contribution in [3.8, 4) is 0 Å². The molecule has 19 heavy (non-hydrogen) atoms. The molecule has 1 amide bonds. The van der Waals surface area contributed by atoms with Crippen molar-refractivity contribution in [1.29, 1.82) is 0 Å². The predicted molar refractivity (Wildman–Crippen MR) is 73.2 cm³/mol. The Morgan fingerprint density at radius 2 is 2.00 bits per heavy atom. The normalized spacial score (nSPS) is 13.5. The van der Waals surface area contributed by atoms with Crippen molar-refractivity contribution in [3.63, 3.8) is 0 Å². The third-order valence-corrected chi connectivity index (χ3v) is 4.24. The molecule has 1 heterocycles. The minimum atomic E-state index is -3.78. The molecule has 7 heteroatoms. The quantitative estimate of drug-likeness (QED) is 0.732. The molecule has 0 saturated carbocycles. The number of hydrogen-bond acceptors (Lipinski definition) is 3. The first-order valence-corrected chi connectivity index (χ1v) is 7.86. The summed E-state index contributed by atoms with van der Waals surface area (Å²) in [6, 6.07) is 1.27. The van der Waals surface area contributed by atoms with Gasteiger partial charge in [-0.25, -0.2) is 13.6 Å². The number of aromatic nitrogens is 1. The lowest BCUT2D eigenvalue weighted by Gasteiger charge is -2.22. The maximum Gasteiger partial charge on any atom is 0.267 e. The summed E-state index contributed by atoms with van der Waals surface area (Å²) in [5, 5.41) is 7.84. The van der Waals surface area contributed by atoms with Gasteiger partial charge in [0.1, 0.15) is 5.69 Å². The number of sulfonamides is 1. The maximum absolute atomic E-state index is 12.0. The standard InChI is InChI=1S/C12H21N3O3S/c1-4-9(5-2)8(3)15-12(16)11-6-10(7-14-11)19(13,17)18/h6-9,14H,4-5H2,1-3H3,(H,15,16)(H2,13,17,18). The van der Waals surface area contributed by atoms with Gasteiger partial charge in [-0.1, -0.05) is 26.7 Å². The van der Waals surface area contributed by atoms with Gasteiger partial charge in [-0.15, -0.1) is 0 Å². The van der Waals surface area contributed by atoms with Gasteiger partial charge in [0.15, 0.2) is 0 Å². The Morgan fingerprint density at radius 3 is 2.42 bits per heavy atom. The molecule has 0 aliphatic rings. The molecule has 0 aliphatic heterocycles. The first-order valence-electron chi connectivity index (χ1n) is 6.31. The van der Waals surface area contributed by atoms with Crippen LogP contribution in [0.5, 0.6) is 0 Å². The minimum absolute atomic E-state index is 0.0312. The van der Waals surface area contributed by atoms with Crippen molar-refractivity contribution in [2.75, 3.05) is 0 Å². The second kappa shape index (κ2) is 6.21. The summed E-state index contributed by atoms with van der Waals surface area (Å²) in [6.07, 6.45) is 3.17. The number of rotatable bonds is 6. The van der Waals surface area contributed by atoms with Crippen LogP contribution in [0.3, 0.4) is 0 Å². The fourth-order valence-corrected chi connectivity index (χ4v) is 2.57. The second-order valence-corrected chi connectivity index (χ2v) is 6.19. The Kier molecular flexibility index (Phi) is 5.13. The maximum atomic E-state index is 12.0. The summed E-state index contributed by atoms with van der Waals surface area (Å²) in [5.74, 6) is 0.0749. The van der Waals surface area contributed by atoms with Gasteiger partial charge < -0.3 is 10.3 Å². The van der Waals surface area contributed by atoms with Crippen LogP contribution in [0.25, 0.3) is 0 Å². The first kappa shape index (κ1) is 15.7. The second-order valence-electron chi connectivity index (χ2n) is 4.63. The fourth-order valence-electron chi connectivity index (χ4n) is 2.07. The van der Waals surface area contributed by atoms with E-state index in [4.69, 9.17) is 5.14 Å². The molecule has 1 aromatic rings. The topological polar surface area (TPSA) is 105 Å². The van der Waals surface area contributed by atoms with Crippen LogP contribution < -0.4 is 10.5 Å². The molecule has 0 fully saturated rings. The highest BCUT2D eigenvalue weighted by molar-refractivity contribution is 7.89. The van der Waals surface area contributed by atoms with Crippen molar-refractivity contribution in [3.05, 3.63) is 18.0 Å². The number of nitrogens with one attached hydrogen (secondary N) is 2. The number of nitrogens with two attached hydrogens (primary N) is 1. The van der Waals surface area contributed by atoms with E-state index in [9.17, 15) is 13.2 Å². The highest BCUT2D eigenvalue weighted by Crippen LogP contribution is 2.14. The molecular weight excluding hydrogens is 266 g/mol. The van der Waals surface area contributed by atoms with Crippen molar-refractivity contribution in [2.24, 2.45) is 11.1 Å². The predicted octanol–water partition coefficient (Wildman–Crippen LogP) is 1.22. The zero-order valence-corrected chi connectivity index (χ0v) is 12.3. The fraction of sp³-hybridized carbons (Fsp3) is 0.583. The van der Waals surface area contributed by atoms with E-state index in [1.54, 1.807) is 0 Å². The summed E-state index contributed by atoms with van der Waals surface area (Å²) in [7, 11) is -3.78. The molecule has 4 N–H and O–H groups in total. The van der Waals surface area contributed by atoms with Crippen molar-refractivity contribution >= 4 is 15.9 Å². The average Bonchev–Trinajstić information content (AvgIpc) is 2.79. The van der Waals surface area contributed by atoms with Gasteiger partial charge >= 0.3 is 0 Å². The number of carbonyl (C=O) groups excluding carboxylic acids is 1. The Labute approximate surface area is 113 Å². The number of aromatic amines is 1. The van der Waals surface area contributed by atoms with E-state index in [0.717, 1.165) is 12.8 Å². The third kappa shape index (κ3) is 4.07. The zero-order chi connectivity index (χ0) is 14.6. The van der Waals surface area contributed by atoms with Crippen LogP contribution >= 0.6 is 0 Å². The van der Waals surface area contributed by atoms with E-state index in [1.807, 2.05) is 6.92 Å². The Morgan fingerprint density at radius 1 is 1.42 bits per heavy atom. The van der Waals surface area contributed by atoms with Gasteiger partial charge in [0.25, 0.3) is 5.91 Å². The Hall–Kier alpha value is -1.34. The van der Waals surface area contributed by atoms with E-state index in [-0.39, 0.29) is 22.5 Å². The molecule has 1 atom stereocenters.